The van der Waals surface area contributed by atoms with Crippen molar-refractivity contribution in [3.8, 4) is 0 Å². The maximum Gasteiger partial charge on any atom is 0.274 e. The molecule has 0 aliphatic carbocycles. The predicted molar refractivity (Wildman–Crippen MR) is 61.3 cm³/mol. The first-order valence-corrected chi connectivity index (χ1v) is 4.74. The fourth-order valence-electron chi connectivity index (χ4n) is 1.28. The van der Waals surface area contributed by atoms with Crippen molar-refractivity contribution < 1.29 is 9.72 Å². The van der Waals surface area contributed by atoms with Crippen LogP contribution in [-0.2, 0) is 4.79 Å². The standard InChI is InChI=1S/C11H12N2O3/c1-3-5-11(14)12-9-6-4-7-10(8(9)2)13(15)16/h3-7H,1-2H3,(H,12,14). The summed E-state index contributed by atoms with van der Waals surface area (Å²) in [6.45, 7) is 3.32. The zero-order valence-corrected chi connectivity index (χ0v) is 9.06. The molecule has 0 heterocycles. The molecule has 0 aliphatic heterocycles. The van der Waals surface area contributed by atoms with Gasteiger partial charge in [-0.2, -0.15) is 0 Å². The summed E-state index contributed by atoms with van der Waals surface area (Å²) in [7, 11) is 0. The van der Waals surface area contributed by atoms with Crippen LogP contribution < -0.4 is 5.32 Å². The van der Waals surface area contributed by atoms with E-state index in [1.807, 2.05) is 0 Å². The molecule has 0 saturated heterocycles. The van der Waals surface area contributed by atoms with Crippen LogP contribution in [0.1, 0.15) is 12.5 Å². The van der Waals surface area contributed by atoms with E-state index in [-0.39, 0.29) is 11.6 Å². The van der Waals surface area contributed by atoms with E-state index in [9.17, 15) is 14.9 Å². The van der Waals surface area contributed by atoms with Gasteiger partial charge in [0.15, 0.2) is 0 Å². The fourth-order valence-corrected chi connectivity index (χ4v) is 1.28. The molecule has 16 heavy (non-hydrogen) atoms. The first-order valence-electron chi connectivity index (χ1n) is 4.74. The third kappa shape index (κ3) is 2.66. The van der Waals surface area contributed by atoms with Crippen molar-refractivity contribution in [2.24, 2.45) is 0 Å². The molecule has 1 amide bonds. The Labute approximate surface area is 92.9 Å². The van der Waals surface area contributed by atoms with Gasteiger partial charge in [0, 0.05) is 6.07 Å². The average molecular weight is 220 g/mol. The largest absolute Gasteiger partial charge is 0.322 e. The lowest BCUT2D eigenvalue weighted by atomic mass is 10.1. The van der Waals surface area contributed by atoms with Crippen LogP contribution in [0.2, 0.25) is 0 Å². The van der Waals surface area contributed by atoms with E-state index < -0.39 is 4.92 Å². The van der Waals surface area contributed by atoms with Gasteiger partial charge in [-0.3, -0.25) is 14.9 Å². The topological polar surface area (TPSA) is 72.2 Å². The molecular formula is C11H12N2O3. The zero-order valence-electron chi connectivity index (χ0n) is 9.06. The van der Waals surface area contributed by atoms with Crippen LogP contribution in [0.4, 0.5) is 11.4 Å². The number of nitro groups is 1. The smallest absolute Gasteiger partial charge is 0.274 e. The number of amides is 1. The summed E-state index contributed by atoms with van der Waals surface area (Å²) in [4.78, 5) is 21.5. The van der Waals surface area contributed by atoms with Gasteiger partial charge in [-0.15, -0.1) is 0 Å². The highest BCUT2D eigenvalue weighted by Gasteiger charge is 2.13. The molecule has 0 radical (unpaired) electrons. The Hall–Kier alpha value is -2.17. The minimum absolute atomic E-state index is 0.00159. The third-order valence-electron chi connectivity index (χ3n) is 2.08. The monoisotopic (exact) mass is 220 g/mol. The van der Waals surface area contributed by atoms with Crippen LogP contribution in [0, 0.1) is 17.0 Å². The highest BCUT2D eigenvalue weighted by Crippen LogP contribution is 2.24. The number of nitrogens with one attached hydrogen (secondary N) is 1. The van der Waals surface area contributed by atoms with Crippen molar-refractivity contribution >= 4 is 17.3 Å². The Bertz CT molecular complexity index is 453. The van der Waals surface area contributed by atoms with Crippen LogP contribution in [0.3, 0.4) is 0 Å². The molecule has 0 aromatic heterocycles. The molecule has 0 aliphatic rings. The highest BCUT2D eigenvalue weighted by atomic mass is 16.6. The zero-order chi connectivity index (χ0) is 12.1. The normalized spacial score (nSPS) is 10.4. The van der Waals surface area contributed by atoms with Crippen LogP contribution in [0.25, 0.3) is 0 Å². The maximum atomic E-state index is 11.3. The Kier molecular flexibility index (Phi) is 3.77. The van der Waals surface area contributed by atoms with Gasteiger partial charge in [0.1, 0.15) is 0 Å². The molecule has 5 heteroatoms. The van der Waals surface area contributed by atoms with Crippen molar-refractivity contribution in [3.63, 3.8) is 0 Å². The molecule has 1 aromatic rings. The Balaban J connectivity index is 3.02. The van der Waals surface area contributed by atoms with E-state index in [2.05, 4.69) is 5.32 Å². The van der Waals surface area contributed by atoms with Gasteiger partial charge in [-0.25, -0.2) is 0 Å². The summed E-state index contributed by atoms with van der Waals surface area (Å²) >= 11 is 0. The van der Waals surface area contributed by atoms with Crippen LogP contribution in [0.15, 0.2) is 30.4 Å². The fraction of sp³-hybridized carbons (Fsp3) is 0.182. The molecule has 1 aromatic carbocycles. The molecule has 0 bridgehead atoms. The second-order valence-electron chi connectivity index (χ2n) is 3.20. The molecule has 0 spiro atoms. The lowest BCUT2D eigenvalue weighted by Gasteiger charge is -2.06. The number of nitrogens with zero attached hydrogens (tertiary/aromatic N) is 1. The van der Waals surface area contributed by atoms with E-state index in [1.54, 1.807) is 26.0 Å². The van der Waals surface area contributed by atoms with E-state index in [0.717, 1.165) is 0 Å². The van der Waals surface area contributed by atoms with Crippen molar-refractivity contribution in [3.05, 3.63) is 46.0 Å². The molecule has 5 nitrogen and oxygen atoms in total. The Morgan fingerprint density at radius 1 is 1.50 bits per heavy atom. The first-order chi connectivity index (χ1) is 7.56. The Morgan fingerprint density at radius 2 is 2.19 bits per heavy atom. The molecule has 1 rings (SSSR count). The van der Waals surface area contributed by atoms with Crippen molar-refractivity contribution in [2.45, 2.75) is 13.8 Å². The van der Waals surface area contributed by atoms with Crippen LogP contribution >= 0.6 is 0 Å². The Morgan fingerprint density at radius 3 is 2.75 bits per heavy atom. The van der Waals surface area contributed by atoms with Crippen molar-refractivity contribution in [1.29, 1.82) is 0 Å². The summed E-state index contributed by atoms with van der Waals surface area (Å²) in [5.74, 6) is -0.300. The number of carbonyl (C=O) groups excluding carboxylic acids is 1. The van der Waals surface area contributed by atoms with Gasteiger partial charge < -0.3 is 5.32 Å². The van der Waals surface area contributed by atoms with Gasteiger partial charge >= 0.3 is 0 Å². The summed E-state index contributed by atoms with van der Waals surface area (Å²) in [5, 5.41) is 13.2. The quantitative estimate of drug-likeness (QED) is 0.483. The van der Waals surface area contributed by atoms with Crippen LogP contribution in [0.5, 0.6) is 0 Å². The van der Waals surface area contributed by atoms with Gasteiger partial charge in [-0.05, 0) is 26.0 Å². The summed E-state index contributed by atoms with van der Waals surface area (Å²) in [5.41, 5.74) is 0.904. The van der Waals surface area contributed by atoms with E-state index >= 15 is 0 Å². The number of nitro benzene ring substituents is 1. The minimum atomic E-state index is -0.472. The van der Waals surface area contributed by atoms with E-state index in [1.165, 1.54) is 18.2 Å². The number of anilines is 1. The number of rotatable bonds is 3. The number of carbonyl (C=O) groups is 1. The SMILES string of the molecule is CC=CC(=O)Nc1cccc([N+](=O)[O-])c1C. The summed E-state index contributed by atoms with van der Waals surface area (Å²) in [6, 6.07) is 4.57. The molecule has 0 unspecified atom stereocenters. The maximum absolute atomic E-state index is 11.3. The van der Waals surface area contributed by atoms with Crippen LogP contribution in [-0.4, -0.2) is 10.8 Å². The van der Waals surface area contributed by atoms with E-state index in [0.29, 0.717) is 11.3 Å². The second kappa shape index (κ2) is 5.06. The molecule has 0 atom stereocenters. The molecule has 1 N–H and O–H groups in total. The van der Waals surface area contributed by atoms with Crippen molar-refractivity contribution in [1.82, 2.24) is 0 Å². The number of hydrogen-bond donors (Lipinski definition) is 1. The average Bonchev–Trinajstić information content (AvgIpc) is 2.21. The number of allylic oxidation sites excluding steroid dienone is 1. The molecule has 0 fully saturated rings. The molecular weight excluding hydrogens is 208 g/mol. The summed E-state index contributed by atoms with van der Waals surface area (Å²) in [6.07, 6.45) is 2.96. The number of hydrogen-bond acceptors (Lipinski definition) is 3. The highest BCUT2D eigenvalue weighted by molar-refractivity contribution is 6.00. The van der Waals surface area contributed by atoms with Gasteiger partial charge in [0.25, 0.3) is 5.69 Å². The molecule has 0 saturated carbocycles. The molecule has 84 valence electrons. The lowest BCUT2D eigenvalue weighted by molar-refractivity contribution is -0.385. The lowest BCUT2D eigenvalue weighted by Crippen LogP contribution is -2.09. The predicted octanol–water partition coefficient (Wildman–Crippen LogP) is 2.42. The number of benzene rings is 1. The van der Waals surface area contributed by atoms with E-state index in [4.69, 9.17) is 0 Å². The van der Waals surface area contributed by atoms with Gasteiger partial charge in [0.05, 0.1) is 16.2 Å². The van der Waals surface area contributed by atoms with Gasteiger partial charge in [0.2, 0.25) is 5.91 Å². The minimum Gasteiger partial charge on any atom is -0.322 e. The third-order valence-corrected chi connectivity index (χ3v) is 2.08. The van der Waals surface area contributed by atoms with Crippen molar-refractivity contribution in [2.75, 3.05) is 5.32 Å². The van der Waals surface area contributed by atoms with Gasteiger partial charge in [-0.1, -0.05) is 12.1 Å². The summed E-state index contributed by atoms with van der Waals surface area (Å²) < 4.78 is 0. The second-order valence-corrected chi connectivity index (χ2v) is 3.20. The first kappa shape index (κ1) is 11.9.